The average Bonchev–Trinajstić information content (AvgIpc) is 2.75. The molecule has 5 nitrogen and oxygen atoms in total. The first kappa shape index (κ1) is 23.9. The lowest BCUT2D eigenvalue weighted by Crippen LogP contribution is -2.46. The minimum atomic E-state index is -0.606. The zero-order valence-electron chi connectivity index (χ0n) is 17.5. The second-order valence-corrected chi connectivity index (χ2v) is 7.93. The molecular formula is C24H32ClN3O2. The van der Waals surface area contributed by atoms with Gasteiger partial charge >= 0.3 is 0 Å². The van der Waals surface area contributed by atoms with Crippen LogP contribution in [-0.4, -0.2) is 30.9 Å². The summed E-state index contributed by atoms with van der Waals surface area (Å²) >= 11 is 0. The van der Waals surface area contributed by atoms with Crippen molar-refractivity contribution in [3.8, 4) is 0 Å². The Morgan fingerprint density at radius 3 is 2.23 bits per heavy atom. The molecule has 0 spiro atoms. The van der Waals surface area contributed by atoms with E-state index in [0.717, 1.165) is 37.2 Å². The van der Waals surface area contributed by atoms with E-state index < -0.39 is 6.04 Å². The smallest absolute Gasteiger partial charge is 0.247 e. The molecule has 1 fully saturated rings. The third kappa shape index (κ3) is 7.47. The van der Waals surface area contributed by atoms with Gasteiger partial charge in [0.1, 0.15) is 6.04 Å². The number of piperidine rings is 1. The van der Waals surface area contributed by atoms with Crippen LogP contribution < -0.4 is 16.0 Å². The van der Waals surface area contributed by atoms with Crippen LogP contribution in [-0.2, 0) is 16.0 Å². The van der Waals surface area contributed by atoms with Crippen LogP contribution in [0.3, 0.4) is 0 Å². The molecule has 2 aromatic rings. The minimum absolute atomic E-state index is 0. The van der Waals surface area contributed by atoms with Crippen molar-refractivity contribution in [1.82, 2.24) is 10.6 Å². The number of amides is 2. The Morgan fingerprint density at radius 2 is 1.60 bits per heavy atom. The lowest BCUT2D eigenvalue weighted by atomic mass is 9.84. The second-order valence-electron chi connectivity index (χ2n) is 7.93. The molecule has 1 aliphatic rings. The first-order valence-electron chi connectivity index (χ1n) is 10.5. The molecule has 1 saturated heterocycles. The van der Waals surface area contributed by atoms with E-state index in [9.17, 15) is 9.59 Å². The summed E-state index contributed by atoms with van der Waals surface area (Å²) in [5.74, 6) is 0.627. The van der Waals surface area contributed by atoms with Crippen LogP contribution in [0.1, 0.15) is 31.7 Å². The molecule has 2 unspecified atom stereocenters. The average molecular weight is 430 g/mol. The van der Waals surface area contributed by atoms with Gasteiger partial charge in [0.05, 0.1) is 0 Å². The molecule has 30 heavy (non-hydrogen) atoms. The molecule has 162 valence electrons. The van der Waals surface area contributed by atoms with E-state index in [1.54, 1.807) is 0 Å². The van der Waals surface area contributed by atoms with Crippen molar-refractivity contribution in [2.75, 3.05) is 18.4 Å². The summed E-state index contributed by atoms with van der Waals surface area (Å²) in [6.07, 6.45) is 3.13. The lowest BCUT2D eigenvalue weighted by Gasteiger charge is -2.28. The lowest BCUT2D eigenvalue weighted by molar-refractivity contribution is -0.127. The van der Waals surface area contributed by atoms with E-state index in [2.05, 4.69) is 22.9 Å². The Bertz CT molecular complexity index is 780. The molecule has 6 heteroatoms. The number of halogens is 1. The maximum absolute atomic E-state index is 12.9. The van der Waals surface area contributed by atoms with E-state index in [-0.39, 0.29) is 24.2 Å². The molecule has 0 bridgehead atoms. The van der Waals surface area contributed by atoms with E-state index >= 15 is 0 Å². The number of anilines is 1. The van der Waals surface area contributed by atoms with Gasteiger partial charge in [-0.3, -0.25) is 9.59 Å². The predicted octanol–water partition coefficient (Wildman–Crippen LogP) is 3.80. The molecule has 2 amide bonds. The maximum atomic E-state index is 12.9. The van der Waals surface area contributed by atoms with Crippen LogP contribution in [0.2, 0.25) is 0 Å². The quantitative estimate of drug-likeness (QED) is 0.597. The number of nitrogens with one attached hydrogen (secondary N) is 3. The highest BCUT2D eigenvalue weighted by Crippen LogP contribution is 2.24. The third-order valence-corrected chi connectivity index (χ3v) is 5.67. The van der Waals surface area contributed by atoms with Gasteiger partial charge in [0.2, 0.25) is 11.8 Å². The molecule has 1 heterocycles. The summed E-state index contributed by atoms with van der Waals surface area (Å²) in [4.78, 5) is 25.7. The molecule has 0 radical (unpaired) electrons. The van der Waals surface area contributed by atoms with Crippen molar-refractivity contribution in [3.63, 3.8) is 0 Å². The third-order valence-electron chi connectivity index (χ3n) is 5.67. The van der Waals surface area contributed by atoms with Gasteiger partial charge in [-0.1, -0.05) is 55.5 Å². The van der Waals surface area contributed by atoms with Gasteiger partial charge in [0, 0.05) is 18.5 Å². The number of hydrogen-bond donors (Lipinski definition) is 3. The van der Waals surface area contributed by atoms with Gasteiger partial charge in [0.15, 0.2) is 0 Å². The summed E-state index contributed by atoms with van der Waals surface area (Å²) in [7, 11) is 0. The largest absolute Gasteiger partial charge is 0.344 e. The van der Waals surface area contributed by atoms with Gasteiger partial charge in [-0.2, -0.15) is 0 Å². The Hall–Kier alpha value is -2.37. The second kappa shape index (κ2) is 12.4. The molecule has 0 aromatic heterocycles. The van der Waals surface area contributed by atoms with Gasteiger partial charge in [-0.05, 0) is 55.5 Å². The predicted molar refractivity (Wildman–Crippen MR) is 124 cm³/mol. The monoisotopic (exact) mass is 429 g/mol. The highest BCUT2D eigenvalue weighted by atomic mass is 35.5. The SMILES string of the molecule is CC(CC(=O)NC(Cc1ccccc1)C(=O)Nc1ccccc1)C1CCNCC1.Cl. The van der Waals surface area contributed by atoms with Crippen molar-refractivity contribution in [1.29, 1.82) is 0 Å². The summed E-state index contributed by atoms with van der Waals surface area (Å²) in [5, 5.41) is 9.28. The molecule has 3 rings (SSSR count). The van der Waals surface area contributed by atoms with Gasteiger partial charge < -0.3 is 16.0 Å². The fraction of sp³-hybridized carbons (Fsp3) is 0.417. The van der Waals surface area contributed by atoms with Crippen LogP contribution in [0.25, 0.3) is 0 Å². The zero-order chi connectivity index (χ0) is 20.5. The van der Waals surface area contributed by atoms with Crippen molar-refractivity contribution in [2.24, 2.45) is 11.8 Å². The number of carbonyl (C=O) groups excluding carboxylic acids is 2. The number of hydrogen-bond acceptors (Lipinski definition) is 3. The number of rotatable bonds is 8. The molecule has 2 aromatic carbocycles. The van der Waals surface area contributed by atoms with Crippen molar-refractivity contribution >= 4 is 29.9 Å². The molecule has 0 saturated carbocycles. The van der Waals surface area contributed by atoms with E-state index in [4.69, 9.17) is 0 Å². The number of carbonyl (C=O) groups is 2. The summed E-state index contributed by atoms with van der Waals surface area (Å²) in [6.45, 7) is 4.19. The number of para-hydroxylation sites is 1. The highest BCUT2D eigenvalue weighted by Gasteiger charge is 2.25. The summed E-state index contributed by atoms with van der Waals surface area (Å²) in [5.41, 5.74) is 1.75. The Kier molecular flexibility index (Phi) is 9.84. The van der Waals surface area contributed by atoms with Crippen LogP contribution in [0, 0.1) is 11.8 Å². The normalized spacial score (nSPS) is 16.0. The molecule has 1 aliphatic heterocycles. The van der Waals surface area contributed by atoms with Crippen molar-refractivity contribution < 1.29 is 9.59 Å². The highest BCUT2D eigenvalue weighted by molar-refractivity contribution is 5.97. The molecule has 2 atom stereocenters. The van der Waals surface area contributed by atoms with E-state index in [0.29, 0.717) is 24.7 Å². The number of benzene rings is 2. The standard InChI is InChI=1S/C24H31N3O2.ClH/c1-18(20-12-14-25-15-13-20)16-23(28)27-22(17-19-8-4-2-5-9-19)24(29)26-21-10-6-3-7-11-21;/h2-11,18,20,22,25H,12-17H2,1H3,(H,26,29)(H,27,28);1H. The summed E-state index contributed by atoms with van der Waals surface area (Å²) in [6, 6.07) is 18.5. The van der Waals surface area contributed by atoms with Crippen molar-refractivity contribution in [3.05, 3.63) is 66.2 Å². The fourth-order valence-electron chi connectivity index (χ4n) is 3.94. The van der Waals surface area contributed by atoms with E-state index in [1.807, 2.05) is 60.7 Å². The van der Waals surface area contributed by atoms with E-state index in [1.165, 1.54) is 0 Å². The Labute approximate surface area is 185 Å². The maximum Gasteiger partial charge on any atom is 0.247 e. The van der Waals surface area contributed by atoms with Crippen molar-refractivity contribution in [2.45, 2.75) is 38.6 Å². The zero-order valence-corrected chi connectivity index (χ0v) is 18.3. The van der Waals surface area contributed by atoms with Gasteiger partial charge in [-0.15, -0.1) is 12.4 Å². The van der Waals surface area contributed by atoms with Crippen LogP contribution >= 0.6 is 12.4 Å². The summed E-state index contributed by atoms with van der Waals surface area (Å²) < 4.78 is 0. The van der Waals surface area contributed by atoms with Crippen LogP contribution in [0.15, 0.2) is 60.7 Å². The van der Waals surface area contributed by atoms with Crippen LogP contribution in [0.4, 0.5) is 5.69 Å². The first-order chi connectivity index (χ1) is 14.1. The fourth-order valence-corrected chi connectivity index (χ4v) is 3.94. The first-order valence-corrected chi connectivity index (χ1v) is 10.5. The minimum Gasteiger partial charge on any atom is -0.344 e. The Balaban J connectivity index is 0.00000320. The van der Waals surface area contributed by atoms with Gasteiger partial charge in [-0.25, -0.2) is 0 Å². The molecular weight excluding hydrogens is 398 g/mol. The van der Waals surface area contributed by atoms with Crippen LogP contribution in [0.5, 0.6) is 0 Å². The van der Waals surface area contributed by atoms with Gasteiger partial charge in [0.25, 0.3) is 0 Å². The molecule has 3 N–H and O–H groups in total. The Morgan fingerprint density at radius 1 is 1.00 bits per heavy atom. The molecule has 0 aliphatic carbocycles. The topological polar surface area (TPSA) is 70.2 Å².